The van der Waals surface area contributed by atoms with Crippen LogP contribution in [0.1, 0.15) is 30.0 Å². The summed E-state index contributed by atoms with van der Waals surface area (Å²) in [6.07, 6.45) is 0.0184. The summed E-state index contributed by atoms with van der Waals surface area (Å²) in [4.78, 5) is 52.5. The van der Waals surface area contributed by atoms with E-state index in [-0.39, 0.29) is 35.5 Å². The van der Waals surface area contributed by atoms with Gasteiger partial charge in [-0.25, -0.2) is 9.78 Å². The quantitative estimate of drug-likeness (QED) is 0.192. The van der Waals surface area contributed by atoms with Crippen molar-refractivity contribution in [1.29, 1.82) is 0 Å². The van der Waals surface area contributed by atoms with Crippen LogP contribution in [0, 0.1) is 20.2 Å². The van der Waals surface area contributed by atoms with E-state index in [1.807, 2.05) is 30.3 Å². The van der Waals surface area contributed by atoms with E-state index in [2.05, 4.69) is 0 Å². The van der Waals surface area contributed by atoms with Crippen molar-refractivity contribution < 1.29 is 24.1 Å². The molecule has 0 unspecified atom stereocenters. The summed E-state index contributed by atoms with van der Waals surface area (Å²) in [5.74, 6) is -0.929. The first-order valence-electron chi connectivity index (χ1n) is 11.7. The smallest absolute Gasteiger partial charge is 0.355 e. The lowest BCUT2D eigenvalue weighted by molar-refractivity contribution is -0.422. The molecule has 2 aliphatic rings. The third kappa shape index (κ3) is 3.26. The van der Waals surface area contributed by atoms with Crippen molar-refractivity contribution in [1.82, 2.24) is 9.55 Å². The number of rotatable bonds is 5. The summed E-state index contributed by atoms with van der Waals surface area (Å²) in [5, 5.41) is 23.6. The summed E-state index contributed by atoms with van der Waals surface area (Å²) in [6.45, 7) is 1.70. The zero-order valence-corrected chi connectivity index (χ0v) is 19.9. The molecule has 2 aromatic heterocycles. The molecule has 0 radical (unpaired) electrons. The molecule has 0 N–H and O–H groups in total. The first kappa shape index (κ1) is 23.3. The lowest BCUT2D eigenvalue weighted by Gasteiger charge is -2.36. The highest BCUT2D eigenvalue weighted by Crippen LogP contribution is 2.42. The molecule has 190 valence electrons. The number of aromatic nitrogens is 2. The Morgan fingerprint density at radius 3 is 2.55 bits per heavy atom. The SMILES string of the molecule is CC[C@@]1(Oc2ccc([N+](=O)[O-])c([N+](=O)[O-])c2)C(=O)OCc2c1cc1n(c2=O)Cc2cc3ccccc3nc2-1. The molecule has 0 fully saturated rings. The minimum absolute atomic E-state index is 0.0184. The van der Waals surface area contributed by atoms with Gasteiger partial charge in [-0.3, -0.25) is 25.0 Å². The van der Waals surface area contributed by atoms with E-state index in [1.54, 1.807) is 17.6 Å². The third-order valence-corrected chi connectivity index (χ3v) is 7.02. The topological polar surface area (TPSA) is 157 Å². The van der Waals surface area contributed by atoms with Crippen LogP contribution in [0.3, 0.4) is 0 Å². The van der Waals surface area contributed by atoms with Crippen LogP contribution in [-0.4, -0.2) is 25.4 Å². The molecule has 4 heterocycles. The highest BCUT2D eigenvalue weighted by molar-refractivity contribution is 5.86. The summed E-state index contributed by atoms with van der Waals surface area (Å²) in [7, 11) is 0. The fourth-order valence-electron chi connectivity index (χ4n) is 5.15. The number of cyclic esters (lactones) is 1. The Hall–Kier alpha value is -5.13. The molecular formula is C26H18N4O8. The summed E-state index contributed by atoms with van der Waals surface area (Å²) in [6, 6.07) is 14.2. The van der Waals surface area contributed by atoms with Gasteiger partial charge in [0.05, 0.1) is 44.9 Å². The Kier molecular flexibility index (Phi) is 5.02. The first-order chi connectivity index (χ1) is 18.2. The van der Waals surface area contributed by atoms with E-state index in [9.17, 15) is 29.8 Å². The maximum absolute atomic E-state index is 13.6. The van der Waals surface area contributed by atoms with Crippen LogP contribution >= 0.6 is 0 Å². The molecule has 12 nitrogen and oxygen atoms in total. The van der Waals surface area contributed by atoms with E-state index < -0.39 is 32.8 Å². The molecule has 0 saturated heterocycles. The molecule has 2 aliphatic heterocycles. The van der Waals surface area contributed by atoms with Crippen LogP contribution in [0.15, 0.2) is 59.4 Å². The van der Waals surface area contributed by atoms with Gasteiger partial charge in [-0.2, -0.15) is 0 Å². The van der Waals surface area contributed by atoms with E-state index in [4.69, 9.17) is 14.5 Å². The lowest BCUT2D eigenvalue weighted by Crippen LogP contribution is -2.48. The number of pyridine rings is 2. The molecule has 6 rings (SSSR count). The average Bonchev–Trinajstić information content (AvgIpc) is 3.26. The predicted molar refractivity (Wildman–Crippen MR) is 133 cm³/mol. The zero-order valence-electron chi connectivity index (χ0n) is 19.9. The average molecular weight is 514 g/mol. The van der Waals surface area contributed by atoms with E-state index in [0.717, 1.165) is 28.6 Å². The van der Waals surface area contributed by atoms with Gasteiger partial charge in [-0.05, 0) is 30.7 Å². The van der Waals surface area contributed by atoms with Crippen LogP contribution < -0.4 is 10.3 Å². The number of benzene rings is 2. The summed E-state index contributed by atoms with van der Waals surface area (Å²) in [5.41, 5.74) is -0.453. The first-order valence-corrected chi connectivity index (χ1v) is 11.7. The van der Waals surface area contributed by atoms with Gasteiger partial charge in [0.25, 0.3) is 5.56 Å². The number of ether oxygens (including phenoxy) is 2. The van der Waals surface area contributed by atoms with Gasteiger partial charge in [0, 0.05) is 22.6 Å². The fourth-order valence-corrected chi connectivity index (χ4v) is 5.15. The number of nitro benzene ring substituents is 2. The number of esters is 1. The maximum Gasteiger partial charge on any atom is 0.355 e. The zero-order chi connectivity index (χ0) is 26.8. The van der Waals surface area contributed by atoms with Gasteiger partial charge in [0.1, 0.15) is 12.4 Å². The maximum atomic E-state index is 13.6. The molecule has 0 amide bonds. The number of nitro groups is 2. The molecular weight excluding hydrogens is 496 g/mol. The van der Waals surface area contributed by atoms with Gasteiger partial charge < -0.3 is 14.0 Å². The standard InChI is InChI=1S/C26H18N4O8/c1-2-26(38-16-7-8-20(29(33)34)21(10-16)30(35)36)18-11-22-23-15(9-14-5-3-4-6-19(14)27-23)12-28(22)24(31)17(18)13-37-25(26)32/h3-11H,2,12-13H2,1H3/t26-/m0/s1. The van der Waals surface area contributed by atoms with Gasteiger partial charge in [-0.15, -0.1) is 0 Å². The van der Waals surface area contributed by atoms with Crippen molar-refractivity contribution in [2.75, 3.05) is 0 Å². The predicted octanol–water partition coefficient (Wildman–Crippen LogP) is 3.98. The number of para-hydroxylation sites is 1. The summed E-state index contributed by atoms with van der Waals surface area (Å²) < 4.78 is 13.0. The molecule has 0 spiro atoms. The molecule has 2 aromatic carbocycles. The van der Waals surface area contributed by atoms with Crippen molar-refractivity contribution in [3.63, 3.8) is 0 Å². The number of fused-ring (bicyclic) bond motifs is 5. The second-order valence-corrected chi connectivity index (χ2v) is 9.03. The second-order valence-electron chi connectivity index (χ2n) is 9.03. The van der Waals surface area contributed by atoms with Gasteiger partial charge in [0.15, 0.2) is 0 Å². The Bertz CT molecular complexity index is 1780. The number of nitrogens with zero attached hydrogens (tertiary/aromatic N) is 4. The molecule has 12 heteroatoms. The number of carbonyl (C=O) groups excluding carboxylic acids is 1. The van der Waals surface area contributed by atoms with Gasteiger partial charge >= 0.3 is 17.3 Å². The highest BCUT2D eigenvalue weighted by atomic mass is 16.6. The highest BCUT2D eigenvalue weighted by Gasteiger charge is 2.49. The Labute approximate surface area is 213 Å². The van der Waals surface area contributed by atoms with Crippen LogP contribution in [0.5, 0.6) is 5.75 Å². The molecule has 38 heavy (non-hydrogen) atoms. The fraction of sp³-hybridized carbons (Fsp3) is 0.192. The van der Waals surface area contributed by atoms with Crippen LogP contribution in [0.2, 0.25) is 0 Å². The summed E-state index contributed by atoms with van der Waals surface area (Å²) >= 11 is 0. The van der Waals surface area contributed by atoms with Crippen molar-refractivity contribution in [2.45, 2.75) is 32.1 Å². The van der Waals surface area contributed by atoms with Crippen LogP contribution in [0.25, 0.3) is 22.3 Å². The van der Waals surface area contributed by atoms with Crippen molar-refractivity contribution in [3.8, 4) is 17.1 Å². The van der Waals surface area contributed by atoms with E-state index >= 15 is 0 Å². The van der Waals surface area contributed by atoms with Crippen LogP contribution in [-0.2, 0) is 28.3 Å². The Morgan fingerprint density at radius 2 is 1.82 bits per heavy atom. The monoisotopic (exact) mass is 514 g/mol. The van der Waals surface area contributed by atoms with Crippen molar-refractivity contribution in [2.24, 2.45) is 0 Å². The molecule has 0 bridgehead atoms. The third-order valence-electron chi connectivity index (χ3n) is 7.02. The van der Waals surface area contributed by atoms with E-state index in [0.29, 0.717) is 17.9 Å². The van der Waals surface area contributed by atoms with Gasteiger partial charge in [-0.1, -0.05) is 25.1 Å². The number of hydrogen-bond acceptors (Lipinski definition) is 9. The largest absolute Gasteiger partial charge is 0.470 e. The minimum atomic E-state index is -1.81. The lowest BCUT2D eigenvalue weighted by atomic mass is 9.85. The second kappa shape index (κ2) is 8.20. The normalized spacial score (nSPS) is 17.3. The number of carbonyl (C=O) groups is 1. The number of hydrogen-bond donors (Lipinski definition) is 0. The van der Waals surface area contributed by atoms with Crippen LogP contribution in [0.4, 0.5) is 11.4 Å². The molecule has 0 aliphatic carbocycles. The Morgan fingerprint density at radius 1 is 1.05 bits per heavy atom. The van der Waals surface area contributed by atoms with E-state index in [1.165, 1.54) is 6.07 Å². The van der Waals surface area contributed by atoms with Gasteiger partial charge in [0.2, 0.25) is 5.60 Å². The molecule has 4 aromatic rings. The molecule has 1 atom stereocenters. The van der Waals surface area contributed by atoms with Crippen molar-refractivity contribution >= 4 is 28.2 Å². The van der Waals surface area contributed by atoms with Crippen molar-refractivity contribution in [3.05, 3.63) is 102 Å². The minimum Gasteiger partial charge on any atom is -0.470 e. The molecule has 0 saturated carbocycles. The Balaban J connectivity index is 1.53.